The van der Waals surface area contributed by atoms with Gasteiger partial charge in [0, 0.05) is 11.3 Å². The van der Waals surface area contributed by atoms with Crippen LogP contribution in [0.1, 0.15) is 28.9 Å². The van der Waals surface area contributed by atoms with Crippen LogP contribution in [-0.4, -0.2) is 13.0 Å². The maximum atomic E-state index is 12.2. The Morgan fingerprint density at radius 3 is 2.50 bits per heavy atom. The second-order valence-electron chi connectivity index (χ2n) is 4.52. The zero-order valence-corrected chi connectivity index (χ0v) is 11.6. The molecule has 0 radical (unpaired) electrons. The van der Waals surface area contributed by atoms with Crippen molar-refractivity contribution in [3.63, 3.8) is 0 Å². The molecule has 0 aliphatic rings. The SMILES string of the molecule is COc1ccccc1[C@H](C)NC(=O)c1ccccc1N. The number of nitrogens with two attached hydrogens (primary N) is 1. The molecule has 2 aromatic carbocycles. The number of methoxy groups -OCH3 is 1. The van der Waals surface area contributed by atoms with Crippen molar-refractivity contribution in [1.29, 1.82) is 0 Å². The summed E-state index contributed by atoms with van der Waals surface area (Å²) in [4.78, 5) is 12.2. The summed E-state index contributed by atoms with van der Waals surface area (Å²) < 4.78 is 5.30. The number of nitrogens with one attached hydrogen (secondary N) is 1. The summed E-state index contributed by atoms with van der Waals surface area (Å²) >= 11 is 0. The topological polar surface area (TPSA) is 64.3 Å². The van der Waals surface area contributed by atoms with Gasteiger partial charge in [-0.3, -0.25) is 4.79 Å². The predicted octanol–water partition coefficient (Wildman–Crippen LogP) is 2.77. The third kappa shape index (κ3) is 2.91. The third-order valence-electron chi connectivity index (χ3n) is 3.16. The van der Waals surface area contributed by atoms with Crippen LogP contribution in [0.25, 0.3) is 0 Å². The van der Waals surface area contributed by atoms with E-state index in [0.717, 1.165) is 11.3 Å². The second-order valence-corrected chi connectivity index (χ2v) is 4.52. The molecule has 0 aliphatic carbocycles. The number of carbonyl (C=O) groups excluding carboxylic acids is 1. The van der Waals surface area contributed by atoms with Crippen LogP contribution in [0.2, 0.25) is 0 Å². The van der Waals surface area contributed by atoms with Crippen molar-refractivity contribution in [3.05, 3.63) is 59.7 Å². The van der Waals surface area contributed by atoms with Crippen LogP contribution >= 0.6 is 0 Å². The molecule has 0 unspecified atom stereocenters. The molecule has 1 atom stereocenters. The fourth-order valence-electron chi connectivity index (χ4n) is 2.08. The summed E-state index contributed by atoms with van der Waals surface area (Å²) in [5.74, 6) is 0.558. The van der Waals surface area contributed by atoms with Crippen molar-refractivity contribution in [2.45, 2.75) is 13.0 Å². The number of hydrogen-bond acceptors (Lipinski definition) is 3. The molecule has 2 aromatic rings. The minimum Gasteiger partial charge on any atom is -0.496 e. The monoisotopic (exact) mass is 270 g/mol. The van der Waals surface area contributed by atoms with Gasteiger partial charge in [-0.25, -0.2) is 0 Å². The number of hydrogen-bond donors (Lipinski definition) is 2. The lowest BCUT2D eigenvalue weighted by molar-refractivity contribution is 0.0940. The number of anilines is 1. The van der Waals surface area contributed by atoms with Crippen LogP contribution in [0, 0.1) is 0 Å². The van der Waals surface area contributed by atoms with E-state index < -0.39 is 0 Å². The van der Waals surface area contributed by atoms with Gasteiger partial charge in [0.1, 0.15) is 5.75 Å². The van der Waals surface area contributed by atoms with Gasteiger partial charge in [0.05, 0.1) is 18.7 Å². The first kappa shape index (κ1) is 13.9. The van der Waals surface area contributed by atoms with Gasteiger partial charge in [-0.2, -0.15) is 0 Å². The van der Waals surface area contributed by atoms with Crippen LogP contribution in [0.5, 0.6) is 5.75 Å². The van der Waals surface area contributed by atoms with E-state index in [1.165, 1.54) is 0 Å². The summed E-state index contributed by atoms with van der Waals surface area (Å²) in [6.07, 6.45) is 0. The molecule has 0 spiro atoms. The van der Waals surface area contributed by atoms with E-state index in [2.05, 4.69) is 5.32 Å². The molecule has 0 aromatic heterocycles. The Morgan fingerprint density at radius 1 is 1.15 bits per heavy atom. The lowest BCUT2D eigenvalue weighted by Gasteiger charge is -2.17. The first-order valence-electron chi connectivity index (χ1n) is 6.41. The Kier molecular flexibility index (Phi) is 4.25. The molecule has 0 saturated heterocycles. The molecule has 0 aliphatic heterocycles. The molecule has 0 bridgehead atoms. The van der Waals surface area contributed by atoms with Gasteiger partial charge in [-0.15, -0.1) is 0 Å². The maximum absolute atomic E-state index is 12.2. The van der Waals surface area contributed by atoms with Crippen molar-refractivity contribution in [3.8, 4) is 5.75 Å². The molecule has 3 N–H and O–H groups in total. The number of amides is 1. The number of rotatable bonds is 4. The Bertz CT molecular complexity index is 611. The number of nitrogen functional groups attached to an aromatic ring is 1. The average molecular weight is 270 g/mol. The second kappa shape index (κ2) is 6.10. The van der Waals surface area contributed by atoms with E-state index in [-0.39, 0.29) is 11.9 Å². The van der Waals surface area contributed by atoms with Crippen LogP contribution in [0.4, 0.5) is 5.69 Å². The van der Waals surface area contributed by atoms with Crippen LogP contribution in [0.3, 0.4) is 0 Å². The summed E-state index contributed by atoms with van der Waals surface area (Å²) in [7, 11) is 1.61. The van der Waals surface area contributed by atoms with Crippen LogP contribution in [-0.2, 0) is 0 Å². The van der Waals surface area contributed by atoms with E-state index in [4.69, 9.17) is 10.5 Å². The van der Waals surface area contributed by atoms with Gasteiger partial charge in [-0.1, -0.05) is 30.3 Å². The van der Waals surface area contributed by atoms with E-state index in [1.54, 1.807) is 31.4 Å². The Balaban J connectivity index is 2.18. The quantitative estimate of drug-likeness (QED) is 0.840. The molecule has 0 heterocycles. The van der Waals surface area contributed by atoms with Gasteiger partial charge in [-0.05, 0) is 25.1 Å². The van der Waals surface area contributed by atoms with Crippen molar-refractivity contribution in [2.24, 2.45) is 0 Å². The lowest BCUT2D eigenvalue weighted by atomic mass is 10.1. The van der Waals surface area contributed by atoms with E-state index in [9.17, 15) is 4.79 Å². The fourth-order valence-corrected chi connectivity index (χ4v) is 2.08. The molecule has 0 saturated carbocycles. The Labute approximate surface area is 118 Å². The molecule has 104 valence electrons. The van der Waals surface area contributed by atoms with Gasteiger partial charge in [0.2, 0.25) is 0 Å². The van der Waals surface area contributed by atoms with E-state index in [0.29, 0.717) is 11.3 Å². The highest BCUT2D eigenvalue weighted by molar-refractivity contribution is 5.99. The zero-order chi connectivity index (χ0) is 14.5. The number of benzene rings is 2. The molecule has 20 heavy (non-hydrogen) atoms. The zero-order valence-electron chi connectivity index (χ0n) is 11.6. The van der Waals surface area contributed by atoms with E-state index in [1.807, 2.05) is 31.2 Å². The predicted molar refractivity (Wildman–Crippen MR) is 79.7 cm³/mol. The van der Waals surface area contributed by atoms with Gasteiger partial charge in [0.25, 0.3) is 5.91 Å². The average Bonchev–Trinajstić information content (AvgIpc) is 2.47. The molecule has 2 rings (SSSR count). The number of carbonyl (C=O) groups is 1. The molecule has 4 heteroatoms. The normalized spacial score (nSPS) is 11.7. The highest BCUT2D eigenvalue weighted by Gasteiger charge is 2.15. The smallest absolute Gasteiger partial charge is 0.253 e. The first-order valence-corrected chi connectivity index (χ1v) is 6.41. The van der Waals surface area contributed by atoms with Gasteiger partial charge < -0.3 is 15.8 Å². The van der Waals surface area contributed by atoms with Gasteiger partial charge in [0.15, 0.2) is 0 Å². The Morgan fingerprint density at radius 2 is 1.80 bits per heavy atom. The van der Waals surface area contributed by atoms with Gasteiger partial charge >= 0.3 is 0 Å². The number of para-hydroxylation sites is 2. The summed E-state index contributed by atoms with van der Waals surface area (Å²) in [5, 5.41) is 2.93. The fraction of sp³-hybridized carbons (Fsp3) is 0.188. The number of ether oxygens (including phenoxy) is 1. The minimum atomic E-state index is -0.193. The molecular weight excluding hydrogens is 252 g/mol. The van der Waals surface area contributed by atoms with E-state index >= 15 is 0 Å². The van der Waals surface area contributed by atoms with Crippen molar-refractivity contribution < 1.29 is 9.53 Å². The maximum Gasteiger partial charge on any atom is 0.253 e. The third-order valence-corrected chi connectivity index (χ3v) is 3.16. The largest absolute Gasteiger partial charge is 0.496 e. The molecule has 1 amide bonds. The van der Waals surface area contributed by atoms with Crippen molar-refractivity contribution in [2.75, 3.05) is 12.8 Å². The lowest BCUT2D eigenvalue weighted by Crippen LogP contribution is -2.27. The molecule has 4 nitrogen and oxygen atoms in total. The van der Waals surface area contributed by atoms with Crippen LogP contribution < -0.4 is 15.8 Å². The molecular formula is C16H18N2O2. The highest BCUT2D eigenvalue weighted by atomic mass is 16.5. The molecule has 0 fully saturated rings. The standard InChI is InChI=1S/C16H18N2O2/c1-11(12-7-4-6-10-15(12)20-2)18-16(19)13-8-3-5-9-14(13)17/h3-11H,17H2,1-2H3,(H,18,19)/t11-/m0/s1. The Hall–Kier alpha value is -2.49. The van der Waals surface area contributed by atoms with Crippen molar-refractivity contribution in [1.82, 2.24) is 5.32 Å². The van der Waals surface area contributed by atoms with Crippen molar-refractivity contribution >= 4 is 11.6 Å². The van der Waals surface area contributed by atoms with Crippen LogP contribution in [0.15, 0.2) is 48.5 Å². The summed E-state index contributed by atoms with van der Waals surface area (Å²) in [6, 6.07) is 14.5. The first-order chi connectivity index (χ1) is 9.63. The minimum absolute atomic E-state index is 0.168. The highest BCUT2D eigenvalue weighted by Crippen LogP contribution is 2.24. The summed E-state index contributed by atoms with van der Waals surface area (Å²) in [6.45, 7) is 1.91. The summed E-state index contributed by atoms with van der Waals surface area (Å²) in [5.41, 5.74) is 7.69.